The lowest BCUT2D eigenvalue weighted by Crippen LogP contribution is -2.40. The van der Waals surface area contributed by atoms with E-state index in [2.05, 4.69) is 25.9 Å². The van der Waals surface area contributed by atoms with Crippen LogP contribution in [0.5, 0.6) is 0 Å². The van der Waals surface area contributed by atoms with Crippen LogP contribution in [0.25, 0.3) is 0 Å². The number of aromatic nitrogens is 1. The Kier molecular flexibility index (Phi) is 7.55. The minimum absolute atomic E-state index is 0.0239. The van der Waals surface area contributed by atoms with Crippen LogP contribution in [0.4, 0.5) is 24.5 Å². The Balaban J connectivity index is 1.67. The second-order valence-corrected chi connectivity index (χ2v) is 6.47. The molecule has 0 aliphatic rings. The maximum absolute atomic E-state index is 12.5. The van der Waals surface area contributed by atoms with Gasteiger partial charge in [-0.15, -0.1) is 11.3 Å². The molecule has 1 aromatic heterocycles. The third-order valence-corrected chi connectivity index (χ3v) is 4.43. The van der Waals surface area contributed by atoms with Gasteiger partial charge in [-0.25, -0.2) is 4.98 Å². The molecule has 0 amide bonds. The zero-order chi connectivity index (χ0) is 20.6. The molecule has 8 nitrogen and oxygen atoms in total. The first-order chi connectivity index (χ1) is 13.3. The summed E-state index contributed by atoms with van der Waals surface area (Å²) in [5, 5.41) is 21.2. The molecule has 0 spiro atoms. The van der Waals surface area contributed by atoms with Crippen LogP contribution >= 0.6 is 11.3 Å². The second-order valence-electron chi connectivity index (χ2n) is 5.53. The van der Waals surface area contributed by atoms with Crippen LogP contribution in [0, 0.1) is 10.1 Å². The first-order valence-electron chi connectivity index (χ1n) is 8.24. The molecule has 1 heterocycles. The molecule has 0 fully saturated rings. The number of halogens is 3. The largest absolute Gasteiger partial charge is 0.434 e. The van der Waals surface area contributed by atoms with Crippen LogP contribution in [0.2, 0.25) is 0 Å². The van der Waals surface area contributed by atoms with E-state index in [9.17, 15) is 23.3 Å². The number of benzene rings is 1. The molecular formula is C16H19F3N6O2S. The van der Waals surface area contributed by atoms with Crippen molar-refractivity contribution in [3.05, 3.63) is 50.5 Å². The highest BCUT2D eigenvalue weighted by molar-refractivity contribution is 7.09. The van der Waals surface area contributed by atoms with Crippen molar-refractivity contribution in [3.8, 4) is 0 Å². The highest BCUT2D eigenvalue weighted by Crippen LogP contribution is 2.29. The third-order valence-electron chi connectivity index (χ3n) is 3.52. The number of alkyl halides is 3. The normalized spacial score (nSPS) is 11.9. The summed E-state index contributed by atoms with van der Waals surface area (Å²) in [5.74, 6) is 0.512. The molecule has 0 atom stereocenters. The summed E-state index contributed by atoms with van der Waals surface area (Å²) in [6.45, 7) is 1.45. The van der Waals surface area contributed by atoms with Crippen molar-refractivity contribution in [2.24, 2.45) is 4.99 Å². The fraction of sp³-hybridized carbons (Fsp3) is 0.375. The predicted molar refractivity (Wildman–Crippen MR) is 102 cm³/mol. The van der Waals surface area contributed by atoms with Crippen LogP contribution in [-0.4, -0.2) is 42.5 Å². The number of nitro groups is 1. The highest BCUT2D eigenvalue weighted by atomic mass is 32.1. The van der Waals surface area contributed by atoms with Gasteiger partial charge in [0.25, 0.3) is 5.69 Å². The van der Waals surface area contributed by atoms with Crippen LogP contribution in [0.3, 0.4) is 0 Å². The van der Waals surface area contributed by atoms with Gasteiger partial charge < -0.3 is 16.0 Å². The van der Waals surface area contributed by atoms with Crippen LogP contribution in [0.15, 0.2) is 34.6 Å². The summed E-state index contributed by atoms with van der Waals surface area (Å²) in [6, 6.07) is 6.07. The Hall–Kier alpha value is -2.89. The fourth-order valence-corrected chi connectivity index (χ4v) is 2.96. The number of nitrogens with one attached hydrogen (secondary N) is 3. The molecule has 1 aromatic carbocycles. The molecule has 0 bridgehead atoms. The van der Waals surface area contributed by atoms with Crippen molar-refractivity contribution in [1.29, 1.82) is 0 Å². The van der Waals surface area contributed by atoms with Crippen LogP contribution in [0.1, 0.15) is 10.7 Å². The number of anilines is 1. The molecule has 0 unspecified atom stereocenters. The minimum atomic E-state index is -4.42. The van der Waals surface area contributed by atoms with Crippen LogP contribution in [-0.2, 0) is 12.6 Å². The average molecular weight is 416 g/mol. The van der Waals surface area contributed by atoms with Crippen molar-refractivity contribution in [2.75, 3.05) is 32.0 Å². The van der Waals surface area contributed by atoms with Gasteiger partial charge in [-0.2, -0.15) is 13.2 Å². The highest BCUT2D eigenvalue weighted by Gasteiger charge is 2.33. The van der Waals surface area contributed by atoms with E-state index in [0.717, 1.165) is 22.4 Å². The lowest BCUT2D eigenvalue weighted by molar-refractivity contribution is -0.384. The molecule has 0 saturated carbocycles. The van der Waals surface area contributed by atoms with E-state index < -0.39 is 16.8 Å². The number of hydrogen-bond acceptors (Lipinski definition) is 6. The Morgan fingerprint density at radius 3 is 2.46 bits per heavy atom. The van der Waals surface area contributed by atoms with Gasteiger partial charge in [-0.3, -0.25) is 15.1 Å². The zero-order valence-corrected chi connectivity index (χ0v) is 15.7. The zero-order valence-electron chi connectivity index (χ0n) is 14.9. The fourth-order valence-electron chi connectivity index (χ4n) is 2.15. The quantitative estimate of drug-likeness (QED) is 0.201. The Morgan fingerprint density at radius 2 is 1.89 bits per heavy atom. The van der Waals surface area contributed by atoms with Crippen molar-refractivity contribution < 1.29 is 18.1 Å². The molecular weight excluding hydrogens is 397 g/mol. The van der Waals surface area contributed by atoms with Crippen molar-refractivity contribution in [1.82, 2.24) is 15.6 Å². The third kappa shape index (κ3) is 6.68. The molecule has 28 heavy (non-hydrogen) atoms. The van der Waals surface area contributed by atoms with Crippen molar-refractivity contribution in [3.63, 3.8) is 0 Å². The second kappa shape index (κ2) is 9.88. The summed E-state index contributed by atoms with van der Waals surface area (Å²) < 4.78 is 37.6. The lowest BCUT2D eigenvalue weighted by atomic mass is 10.3. The number of hydrogen-bond donors (Lipinski definition) is 3. The van der Waals surface area contributed by atoms with Crippen molar-refractivity contribution >= 4 is 28.7 Å². The van der Waals surface area contributed by atoms with E-state index in [0.29, 0.717) is 37.0 Å². The Bertz CT molecular complexity index is 807. The molecule has 0 aliphatic carbocycles. The standard InChI is InChI=1S/C16H19F3N6O2S/c1-20-15(22-7-6-14-24-13(10-28-14)16(17,18)19)23-9-8-21-11-2-4-12(5-3-11)25(26)27/h2-5,10,21H,6-9H2,1H3,(H2,20,22,23). The SMILES string of the molecule is CN=C(NCCNc1ccc([N+](=O)[O-])cc1)NCCc1nc(C(F)(F)F)cs1. The van der Waals surface area contributed by atoms with Crippen LogP contribution < -0.4 is 16.0 Å². The van der Waals surface area contributed by atoms with Gasteiger partial charge >= 0.3 is 6.18 Å². The summed E-state index contributed by atoms with van der Waals surface area (Å²) in [7, 11) is 1.59. The van der Waals surface area contributed by atoms with Gasteiger partial charge in [0.1, 0.15) is 0 Å². The molecule has 2 rings (SSSR count). The van der Waals surface area contributed by atoms with Gasteiger partial charge in [0.2, 0.25) is 0 Å². The van der Waals surface area contributed by atoms with E-state index in [4.69, 9.17) is 0 Å². The number of nitro benzene ring substituents is 1. The molecule has 152 valence electrons. The number of rotatable bonds is 8. The molecule has 3 N–H and O–H groups in total. The number of non-ortho nitro benzene ring substituents is 1. The molecule has 12 heteroatoms. The van der Waals surface area contributed by atoms with Gasteiger partial charge in [0, 0.05) is 56.3 Å². The van der Waals surface area contributed by atoms with Gasteiger partial charge in [0.05, 0.1) is 9.93 Å². The first-order valence-corrected chi connectivity index (χ1v) is 9.12. The van der Waals surface area contributed by atoms with E-state index in [1.54, 1.807) is 19.2 Å². The maximum Gasteiger partial charge on any atom is 0.434 e. The minimum Gasteiger partial charge on any atom is -0.383 e. The van der Waals surface area contributed by atoms with E-state index in [1.165, 1.54) is 12.1 Å². The smallest absolute Gasteiger partial charge is 0.383 e. The average Bonchev–Trinajstić information content (AvgIpc) is 3.13. The lowest BCUT2D eigenvalue weighted by Gasteiger charge is -2.12. The van der Waals surface area contributed by atoms with E-state index >= 15 is 0 Å². The molecule has 2 aromatic rings. The number of aliphatic imine (C=N–C) groups is 1. The number of thiazole rings is 1. The Labute approximate surface area is 163 Å². The molecule has 0 aliphatic heterocycles. The molecule has 0 saturated heterocycles. The van der Waals surface area contributed by atoms with Gasteiger partial charge in [-0.1, -0.05) is 0 Å². The van der Waals surface area contributed by atoms with E-state index in [-0.39, 0.29) is 5.69 Å². The predicted octanol–water partition coefficient (Wildman–Crippen LogP) is 2.89. The summed E-state index contributed by atoms with van der Waals surface area (Å²) >= 11 is 0.974. The topological polar surface area (TPSA) is 104 Å². The maximum atomic E-state index is 12.5. The monoisotopic (exact) mass is 416 g/mol. The van der Waals surface area contributed by atoms with E-state index in [1.807, 2.05) is 0 Å². The molecule has 0 radical (unpaired) electrons. The summed E-state index contributed by atoms with van der Waals surface area (Å²) in [4.78, 5) is 17.7. The summed E-state index contributed by atoms with van der Waals surface area (Å²) in [5.41, 5.74) is -0.0947. The first kappa shape index (κ1) is 21.4. The van der Waals surface area contributed by atoms with Gasteiger partial charge in [0.15, 0.2) is 11.7 Å². The number of nitrogens with zero attached hydrogens (tertiary/aromatic N) is 3. The Morgan fingerprint density at radius 1 is 1.21 bits per heavy atom. The summed E-state index contributed by atoms with van der Waals surface area (Å²) in [6.07, 6.45) is -4.07. The van der Waals surface area contributed by atoms with Crippen molar-refractivity contribution in [2.45, 2.75) is 12.6 Å². The number of guanidine groups is 1. The van der Waals surface area contributed by atoms with Gasteiger partial charge in [-0.05, 0) is 12.1 Å².